The van der Waals surface area contributed by atoms with Gasteiger partial charge in [0.2, 0.25) is 11.8 Å². The number of carboxylic acids is 1. The highest BCUT2D eigenvalue weighted by molar-refractivity contribution is 7.91. The quantitative estimate of drug-likeness (QED) is 0.680. The van der Waals surface area contributed by atoms with Crippen LogP contribution in [0, 0.1) is 5.92 Å². The summed E-state index contributed by atoms with van der Waals surface area (Å²) in [6, 6.07) is -0.356. The third kappa shape index (κ3) is 3.52. The predicted octanol–water partition coefficient (Wildman–Crippen LogP) is -1.43. The van der Waals surface area contributed by atoms with E-state index in [9.17, 15) is 22.8 Å². The van der Waals surface area contributed by atoms with Gasteiger partial charge in [-0.3, -0.25) is 14.4 Å². The van der Waals surface area contributed by atoms with Crippen molar-refractivity contribution in [2.45, 2.75) is 18.9 Å². The summed E-state index contributed by atoms with van der Waals surface area (Å²) in [5.41, 5.74) is 0. The maximum atomic E-state index is 12.1. The molecular formula is C12H18N2O6S. The standard InChI is InChI=1S/C12H18N2O6S/c1-13(6-11(16)17)12(18)8-4-10(15)14(5-8)9-2-3-21(19,20)7-9/h8-9H,2-7H2,1H3,(H,16,17). The summed E-state index contributed by atoms with van der Waals surface area (Å²) in [5.74, 6) is -2.32. The number of hydrogen-bond acceptors (Lipinski definition) is 5. The first-order valence-corrected chi connectivity index (χ1v) is 8.48. The Hall–Kier alpha value is -1.64. The summed E-state index contributed by atoms with van der Waals surface area (Å²) in [6.07, 6.45) is 0.416. The lowest BCUT2D eigenvalue weighted by molar-refractivity contribution is -0.145. The average Bonchev–Trinajstić information content (AvgIpc) is 2.90. The first-order chi connectivity index (χ1) is 9.69. The van der Waals surface area contributed by atoms with Gasteiger partial charge in [0.05, 0.1) is 17.4 Å². The normalized spacial score (nSPS) is 27.9. The number of aliphatic carboxylic acids is 1. The van der Waals surface area contributed by atoms with Crippen LogP contribution < -0.4 is 0 Å². The number of carbonyl (C=O) groups excluding carboxylic acids is 2. The van der Waals surface area contributed by atoms with Gasteiger partial charge in [-0.1, -0.05) is 0 Å². The van der Waals surface area contributed by atoms with Crippen LogP contribution in [-0.4, -0.2) is 78.8 Å². The monoisotopic (exact) mass is 318 g/mol. The number of carbonyl (C=O) groups is 3. The number of amides is 2. The van der Waals surface area contributed by atoms with Gasteiger partial charge in [0.1, 0.15) is 6.54 Å². The van der Waals surface area contributed by atoms with Crippen molar-refractivity contribution < 1.29 is 27.9 Å². The molecule has 0 aliphatic carbocycles. The number of sulfone groups is 1. The van der Waals surface area contributed by atoms with Crippen molar-refractivity contribution in [3.8, 4) is 0 Å². The molecule has 2 atom stereocenters. The van der Waals surface area contributed by atoms with Gasteiger partial charge in [0.25, 0.3) is 0 Å². The molecule has 2 rings (SSSR count). The van der Waals surface area contributed by atoms with Gasteiger partial charge in [-0.05, 0) is 6.42 Å². The van der Waals surface area contributed by atoms with Gasteiger partial charge in [0.15, 0.2) is 9.84 Å². The Labute approximate surface area is 122 Å². The molecule has 1 N–H and O–H groups in total. The highest BCUT2D eigenvalue weighted by Crippen LogP contribution is 2.27. The Balaban J connectivity index is 1.99. The third-order valence-electron chi connectivity index (χ3n) is 3.91. The Bertz CT molecular complexity index is 572. The topological polar surface area (TPSA) is 112 Å². The Kier molecular flexibility index (Phi) is 4.22. The van der Waals surface area contributed by atoms with Gasteiger partial charge >= 0.3 is 5.97 Å². The van der Waals surface area contributed by atoms with E-state index in [1.807, 2.05) is 0 Å². The summed E-state index contributed by atoms with van der Waals surface area (Å²) in [5, 5.41) is 8.67. The molecule has 0 aromatic heterocycles. The molecule has 2 aliphatic heterocycles. The Morgan fingerprint density at radius 2 is 2.10 bits per heavy atom. The summed E-state index contributed by atoms with van der Waals surface area (Å²) in [6.45, 7) is -0.247. The van der Waals surface area contributed by atoms with Crippen LogP contribution in [0.2, 0.25) is 0 Å². The van der Waals surface area contributed by atoms with E-state index in [2.05, 4.69) is 0 Å². The molecule has 2 saturated heterocycles. The molecule has 2 heterocycles. The van der Waals surface area contributed by atoms with E-state index >= 15 is 0 Å². The molecule has 0 spiro atoms. The van der Waals surface area contributed by atoms with Crippen molar-refractivity contribution >= 4 is 27.6 Å². The fourth-order valence-electron chi connectivity index (χ4n) is 2.86. The second kappa shape index (κ2) is 5.63. The van der Waals surface area contributed by atoms with E-state index in [-0.39, 0.29) is 36.4 Å². The second-order valence-corrected chi connectivity index (χ2v) is 7.82. The smallest absolute Gasteiger partial charge is 0.323 e. The van der Waals surface area contributed by atoms with Crippen LogP contribution in [0.3, 0.4) is 0 Å². The molecule has 2 aliphatic rings. The van der Waals surface area contributed by atoms with Crippen molar-refractivity contribution in [3.05, 3.63) is 0 Å². The maximum Gasteiger partial charge on any atom is 0.323 e. The zero-order chi connectivity index (χ0) is 15.8. The SMILES string of the molecule is CN(CC(=O)O)C(=O)C1CC(=O)N(C2CCS(=O)(=O)C2)C1. The number of carboxylic acid groups (broad SMARTS) is 1. The van der Waals surface area contributed by atoms with Crippen molar-refractivity contribution in [2.24, 2.45) is 5.92 Å². The first kappa shape index (κ1) is 15.7. The molecule has 118 valence electrons. The highest BCUT2D eigenvalue weighted by Gasteiger charge is 2.42. The number of likely N-dealkylation sites (N-methyl/N-ethyl adjacent to an activating group) is 1. The molecule has 0 saturated carbocycles. The number of hydrogen-bond donors (Lipinski definition) is 1. The molecule has 21 heavy (non-hydrogen) atoms. The molecule has 2 unspecified atom stereocenters. The minimum atomic E-state index is -3.09. The van der Waals surface area contributed by atoms with Crippen molar-refractivity contribution in [1.82, 2.24) is 9.80 Å². The summed E-state index contributed by atoms with van der Waals surface area (Å²) < 4.78 is 22.9. The van der Waals surface area contributed by atoms with E-state index in [0.717, 1.165) is 4.90 Å². The van der Waals surface area contributed by atoms with E-state index in [4.69, 9.17) is 5.11 Å². The van der Waals surface area contributed by atoms with Crippen LogP contribution in [0.15, 0.2) is 0 Å². The largest absolute Gasteiger partial charge is 0.480 e. The minimum absolute atomic E-state index is 0.0132. The zero-order valence-corrected chi connectivity index (χ0v) is 12.5. The molecule has 0 aromatic rings. The van der Waals surface area contributed by atoms with Crippen LogP contribution in [0.4, 0.5) is 0 Å². The predicted molar refractivity (Wildman–Crippen MR) is 72.2 cm³/mol. The van der Waals surface area contributed by atoms with Gasteiger partial charge < -0.3 is 14.9 Å². The summed E-state index contributed by atoms with van der Waals surface area (Å²) >= 11 is 0. The number of rotatable bonds is 4. The zero-order valence-electron chi connectivity index (χ0n) is 11.7. The molecule has 9 heteroatoms. The average molecular weight is 318 g/mol. The van der Waals surface area contributed by atoms with Crippen LogP contribution in [0.25, 0.3) is 0 Å². The van der Waals surface area contributed by atoms with E-state index < -0.39 is 34.2 Å². The van der Waals surface area contributed by atoms with Crippen molar-refractivity contribution in [2.75, 3.05) is 31.6 Å². The van der Waals surface area contributed by atoms with Crippen LogP contribution in [0.5, 0.6) is 0 Å². The Morgan fingerprint density at radius 3 is 2.62 bits per heavy atom. The van der Waals surface area contributed by atoms with E-state index in [0.29, 0.717) is 6.42 Å². The van der Waals surface area contributed by atoms with E-state index in [1.54, 1.807) is 0 Å². The van der Waals surface area contributed by atoms with Gasteiger partial charge in [-0.25, -0.2) is 8.42 Å². The van der Waals surface area contributed by atoms with Gasteiger partial charge in [-0.2, -0.15) is 0 Å². The number of likely N-dealkylation sites (tertiary alicyclic amines) is 1. The lowest BCUT2D eigenvalue weighted by Crippen LogP contribution is -2.40. The minimum Gasteiger partial charge on any atom is -0.480 e. The highest BCUT2D eigenvalue weighted by atomic mass is 32.2. The van der Waals surface area contributed by atoms with Crippen LogP contribution in [-0.2, 0) is 24.2 Å². The van der Waals surface area contributed by atoms with Crippen molar-refractivity contribution in [1.29, 1.82) is 0 Å². The summed E-state index contributed by atoms with van der Waals surface area (Å²) in [4.78, 5) is 37.2. The van der Waals surface area contributed by atoms with Crippen LogP contribution >= 0.6 is 0 Å². The van der Waals surface area contributed by atoms with E-state index in [1.165, 1.54) is 11.9 Å². The maximum absolute atomic E-state index is 12.1. The molecule has 0 bridgehead atoms. The summed E-state index contributed by atoms with van der Waals surface area (Å²) in [7, 11) is -1.71. The van der Waals surface area contributed by atoms with Crippen molar-refractivity contribution in [3.63, 3.8) is 0 Å². The fraction of sp³-hybridized carbons (Fsp3) is 0.750. The molecular weight excluding hydrogens is 300 g/mol. The van der Waals surface area contributed by atoms with Crippen LogP contribution in [0.1, 0.15) is 12.8 Å². The molecule has 0 aromatic carbocycles. The molecule has 8 nitrogen and oxygen atoms in total. The lowest BCUT2D eigenvalue weighted by Gasteiger charge is -2.24. The van der Waals surface area contributed by atoms with Gasteiger partial charge in [0, 0.05) is 26.1 Å². The second-order valence-electron chi connectivity index (χ2n) is 5.59. The molecule has 2 fully saturated rings. The van der Waals surface area contributed by atoms with Gasteiger partial charge in [-0.15, -0.1) is 0 Å². The molecule has 2 amide bonds. The third-order valence-corrected chi connectivity index (χ3v) is 5.66. The fourth-order valence-corrected chi connectivity index (χ4v) is 4.59. The number of nitrogens with zero attached hydrogens (tertiary/aromatic N) is 2. The lowest BCUT2D eigenvalue weighted by atomic mass is 10.1. The Morgan fingerprint density at radius 1 is 1.43 bits per heavy atom. The molecule has 0 radical (unpaired) electrons. The first-order valence-electron chi connectivity index (χ1n) is 6.66.